The molecule has 2 rings (SSSR count). The third-order valence-corrected chi connectivity index (χ3v) is 4.09. The standard InChI is InChI=1S/C19H25N3O3/c1-13(2)21(10-9-18(23)24)19(25)17-7-5-16(6-8-17)12-22-15(4)11-14(3)20-22/h5-8,11,13H,9-10,12H2,1-4H3,(H,23,24). The number of aryl methyl sites for hydroxylation is 2. The Labute approximate surface area is 148 Å². The summed E-state index contributed by atoms with van der Waals surface area (Å²) in [6.45, 7) is 8.61. The number of carboxylic acids is 1. The molecule has 0 bridgehead atoms. The van der Waals surface area contributed by atoms with E-state index in [1.807, 2.05) is 50.6 Å². The number of rotatable bonds is 7. The van der Waals surface area contributed by atoms with Gasteiger partial charge in [-0.05, 0) is 51.5 Å². The monoisotopic (exact) mass is 343 g/mol. The molecule has 1 aromatic carbocycles. The van der Waals surface area contributed by atoms with Crippen LogP contribution < -0.4 is 0 Å². The normalized spacial score (nSPS) is 10.9. The van der Waals surface area contributed by atoms with E-state index in [2.05, 4.69) is 5.10 Å². The molecule has 1 amide bonds. The molecule has 1 aromatic heterocycles. The fraction of sp³-hybridized carbons (Fsp3) is 0.421. The van der Waals surface area contributed by atoms with Gasteiger partial charge >= 0.3 is 5.97 Å². The molecule has 0 spiro atoms. The van der Waals surface area contributed by atoms with Crippen molar-refractivity contribution in [3.8, 4) is 0 Å². The number of benzene rings is 1. The van der Waals surface area contributed by atoms with Gasteiger partial charge in [0, 0.05) is 23.8 Å². The van der Waals surface area contributed by atoms with Gasteiger partial charge in [0.25, 0.3) is 5.91 Å². The van der Waals surface area contributed by atoms with Crippen LogP contribution in [0, 0.1) is 13.8 Å². The fourth-order valence-electron chi connectivity index (χ4n) is 2.74. The molecule has 25 heavy (non-hydrogen) atoms. The lowest BCUT2D eigenvalue weighted by atomic mass is 10.1. The molecule has 6 heteroatoms. The zero-order valence-corrected chi connectivity index (χ0v) is 15.2. The topological polar surface area (TPSA) is 75.4 Å². The van der Waals surface area contributed by atoms with Crippen LogP contribution in [0.25, 0.3) is 0 Å². The minimum absolute atomic E-state index is 0.0544. The van der Waals surface area contributed by atoms with Crippen molar-refractivity contribution < 1.29 is 14.7 Å². The molecule has 1 heterocycles. The highest BCUT2D eigenvalue weighted by Crippen LogP contribution is 2.13. The number of nitrogens with zero attached hydrogens (tertiary/aromatic N) is 3. The zero-order chi connectivity index (χ0) is 18.6. The van der Waals surface area contributed by atoms with Crippen LogP contribution in [-0.2, 0) is 11.3 Å². The summed E-state index contributed by atoms with van der Waals surface area (Å²) in [5.41, 5.74) is 3.70. The Kier molecular flexibility index (Phi) is 5.96. The van der Waals surface area contributed by atoms with E-state index in [0.717, 1.165) is 17.0 Å². The minimum Gasteiger partial charge on any atom is -0.481 e. The lowest BCUT2D eigenvalue weighted by Gasteiger charge is -2.26. The maximum atomic E-state index is 12.6. The van der Waals surface area contributed by atoms with Crippen LogP contribution >= 0.6 is 0 Å². The lowest BCUT2D eigenvalue weighted by molar-refractivity contribution is -0.137. The number of aromatic nitrogens is 2. The van der Waals surface area contributed by atoms with Gasteiger partial charge in [0.05, 0.1) is 18.7 Å². The Morgan fingerprint density at radius 3 is 2.32 bits per heavy atom. The summed E-state index contributed by atoms with van der Waals surface area (Å²) in [5.74, 6) is -1.05. The summed E-state index contributed by atoms with van der Waals surface area (Å²) in [4.78, 5) is 25.0. The van der Waals surface area contributed by atoms with E-state index in [9.17, 15) is 9.59 Å². The molecule has 0 fully saturated rings. The van der Waals surface area contributed by atoms with E-state index in [1.54, 1.807) is 17.0 Å². The van der Waals surface area contributed by atoms with E-state index in [1.165, 1.54) is 0 Å². The van der Waals surface area contributed by atoms with Crippen molar-refractivity contribution in [2.24, 2.45) is 0 Å². The largest absolute Gasteiger partial charge is 0.481 e. The number of carbonyl (C=O) groups excluding carboxylic acids is 1. The number of aliphatic carboxylic acids is 1. The second-order valence-corrected chi connectivity index (χ2v) is 6.52. The first-order chi connectivity index (χ1) is 11.8. The third kappa shape index (κ3) is 4.92. The predicted octanol–water partition coefficient (Wildman–Crippen LogP) is 2.87. The highest BCUT2D eigenvalue weighted by molar-refractivity contribution is 5.94. The van der Waals surface area contributed by atoms with Crippen LogP contribution in [0.2, 0.25) is 0 Å². The Balaban J connectivity index is 2.10. The van der Waals surface area contributed by atoms with Crippen molar-refractivity contribution in [2.45, 2.75) is 46.7 Å². The number of hydrogen-bond donors (Lipinski definition) is 1. The molecule has 0 saturated carbocycles. The molecule has 0 atom stereocenters. The molecule has 0 radical (unpaired) electrons. The van der Waals surface area contributed by atoms with Crippen molar-refractivity contribution >= 4 is 11.9 Å². The van der Waals surface area contributed by atoms with Gasteiger partial charge in [0.2, 0.25) is 0 Å². The van der Waals surface area contributed by atoms with Crippen LogP contribution in [0.5, 0.6) is 0 Å². The van der Waals surface area contributed by atoms with Gasteiger partial charge in [-0.25, -0.2) is 0 Å². The van der Waals surface area contributed by atoms with Gasteiger partial charge in [0.1, 0.15) is 0 Å². The number of carboxylic acid groups (broad SMARTS) is 1. The molecule has 0 saturated heterocycles. The predicted molar refractivity (Wildman–Crippen MR) is 95.7 cm³/mol. The highest BCUT2D eigenvalue weighted by Gasteiger charge is 2.19. The molecular weight excluding hydrogens is 318 g/mol. The summed E-state index contributed by atoms with van der Waals surface area (Å²) in [5, 5.41) is 13.3. The van der Waals surface area contributed by atoms with Gasteiger partial charge in [-0.3, -0.25) is 14.3 Å². The van der Waals surface area contributed by atoms with E-state index in [-0.39, 0.29) is 24.9 Å². The van der Waals surface area contributed by atoms with Gasteiger partial charge in [-0.1, -0.05) is 12.1 Å². The van der Waals surface area contributed by atoms with Crippen LogP contribution in [-0.4, -0.2) is 44.3 Å². The first-order valence-corrected chi connectivity index (χ1v) is 8.40. The maximum Gasteiger partial charge on any atom is 0.305 e. The first kappa shape index (κ1) is 18.7. The summed E-state index contributed by atoms with van der Waals surface area (Å²) in [6, 6.07) is 9.39. The number of amides is 1. The van der Waals surface area contributed by atoms with Crippen molar-refractivity contribution in [2.75, 3.05) is 6.54 Å². The number of carbonyl (C=O) groups is 2. The van der Waals surface area contributed by atoms with Gasteiger partial charge in [0.15, 0.2) is 0 Å². The molecule has 0 aliphatic rings. The van der Waals surface area contributed by atoms with Crippen LogP contribution in [0.1, 0.15) is 47.6 Å². The van der Waals surface area contributed by atoms with Crippen molar-refractivity contribution in [3.63, 3.8) is 0 Å². The summed E-state index contributed by atoms with van der Waals surface area (Å²) >= 11 is 0. The molecule has 0 aliphatic heterocycles. The molecule has 0 aliphatic carbocycles. The van der Waals surface area contributed by atoms with Gasteiger partial charge in [-0.2, -0.15) is 5.10 Å². The fourth-order valence-corrected chi connectivity index (χ4v) is 2.74. The Morgan fingerprint density at radius 2 is 1.84 bits per heavy atom. The molecule has 0 unspecified atom stereocenters. The summed E-state index contributed by atoms with van der Waals surface area (Å²) in [7, 11) is 0. The Bertz CT molecular complexity index is 748. The van der Waals surface area contributed by atoms with Gasteiger partial charge in [-0.15, -0.1) is 0 Å². The summed E-state index contributed by atoms with van der Waals surface area (Å²) in [6.07, 6.45) is -0.0556. The molecule has 134 valence electrons. The van der Waals surface area contributed by atoms with Crippen LogP contribution in [0.4, 0.5) is 0 Å². The zero-order valence-electron chi connectivity index (χ0n) is 15.2. The Morgan fingerprint density at radius 1 is 1.20 bits per heavy atom. The Hall–Kier alpha value is -2.63. The SMILES string of the molecule is Cc1cc(C)n(Cc2ccc(C(=O)N(CCC(=O)O)C(C)C)cc2)n1. The minimum atomic E-state index is -0.904. The van der Waals surface area contributed by atoms with E-state index >= 15 is 0 Å². The first-order valence-electron chi connectivity index (χ1n) is 8.40. The number of hydrogen-bond acceptors (Lipinski definition) is 3. The van der Waals surface area contributed by atoms with E-state index in [0.29, 0.717) is 12.1 Å². The average molecular weight is 343 g/mol. The maximum absolute atomic E-state index is 12.6. The molecular formula is C19H25N3O3. The summed E-state index contributed by atoms with van der Waals surface area (Å²) < 4.78 is 1.93. The lowest BCUT2D eigenvalue weighted by Crippen LogP contribution is -2.38. The third-order valence-electron chi connectivity index (χ3n) is 4.09. The molecule has 6 nitrogen and oxygen atoms in total. The van der Waals surface area contributed by atoms with Crippen LogP contribution in [0.3, 0.4) is 0 Å². The van der Waals surface area contributed by atoms with E-state index < -0.39 is 5.97 Å². The average Bonchev–Trinajstić information content (AvgIpc) is 2.85. The smallest absolute Gasteiger partial charge is 0.305 e. The second kappa shape index (κ2) is 7.96. The van der Waals surface area contributed by atoms with Crippen molar-refractivity contribution in [3.05, 3.63) is 52.8 Å². The van der Waals surface area contributed by atoms with Crippen molar-refractivity contribution in [1.82, 2.24) is 14.7 Å². The van der Waals surface area contributed by atoms with E-state index in [4.69, 9.17) is 5.11 Å². The molecule has 2 aromatic rings. The highest BCUT2D eigenvalue weighted by atomic mass is 16.4. The molecule has 1 N–H and O–H groups in total. The second-order valence-electron chi connectivity index (χ2n) is 6.52. The van der Waals surface area contributed by atoms with Gasteiger partial charge < -0.3 is 10.0 Å². The van der Waals surface area contributed by atoms with Crippen LogP contribution in [0.15, 0.2) is 30.3 Å². The quantitative estimate of drug-likeness (QED) is 0.839. The van der Waals surface area contributed by atoms with Crippen molar-refractivity contribution in [1.29, 1.82) is 0 Å².